The molecule has 0 aromatic heterocycles. The number of hydrogen-bond donors (Lipinski definition) is 1. The van der Waals surface area contributed by atoms with Crippen molar-refractivity contribution in [3.63, 3.8) is 0 Å². The number of nitrogens with zero attached hydrogens (tertiary/aromatic N) is 1. The van der Waals surface area contributed by atoms with Crippen molar-refractivity contribution in [1.82, 2.24) is 4.31 Å². The Morgan fingerprint density at radius 3 is 2.24 bits per heavy atom. The molecule has 0 bridgehead atoms. The summed E-state index contributed by atoms with van der Waals surface area (Å²) in [5.41, 5.74) is -0.855. The molecule has 1 saturated heterocycles. The van der Waals surface area contributed by atoms with Crippen LogP contribution in [0.2, 0.25) is 0 Å². The van der Waals surface area contributed by atoms with Crippen LogP contribution in [0.4, 0.5) is 0 Å². The molecular formula is C11H23NO4S. The lowest BCUT2D eigenvalue weighted by atomic mass is 9.85. The van der Waals surface area contributed by atoms with E-state index in [1.54, 1.807) is 0 Å². The van der Waals surface area contributed by atoms with Crippen molar-refractivity contribution in [1.29, 1.82) is 0 Å². The summed E-state index contributed by atoms with van der Waals surface area (Å²) < 4.78 is 30.2. The molecule has 0 aromatic rings. The summed E-state index contributed by atoms with van der Waals surface area (Å²) in [5, 5.41) is 10.00. The van der Waals surface area contributed by atoms with Gasteiger partial charge in [0.2, 0.25) is 10.0 Å². The Labute approximate surface area is 104 Å². The van der Waals surface area contributed by atoms with Crippen LogP contribution in [0.5, 0.6) is 0 Å². The topological polar surface area (TPSA) is 66.8 Å². The van der Waals surface area contributed by atoms with E-state index in [1.807, 2.05) is 27.7 Å². The van der Waals surface area contributed by atoms with Crippen LogP contribution in [0.15, 0.2) is 0 Å². The van der Waals surface area contributed by atoms with Crippen molar-refractivity contribution >= 4 is 10.0 Å². The number of hydrogen-bond acceptors (Lipinski definition) is 4. The Kier molecular flexibility index (Phi) is 4.57. The third-order valence-corrected chi connectivity index (χ3v) is 4.89. The van der Waals surface area contributed by atoms with E-state index in [4.69, 9.17) is 4.74 Å². The minimum atomic E-state index is -3.28. The first-order valence-electron chi connectivity index (χ1n) is 5.99. The van der Waals surface area contributed by atoms with Gasteiger partial charge in [0.05, 0.1) is 24.1 Å². The van der Waals surface area contributed by atoms with Gasteiger partial charge in [-0.15, -0.1) is 0 Å². The molecule has 1 fully saturated rings. The van der Waals surface area contributed by atoms with Crippen LogP contribution in [-0.2, 0) is 14.8 Å². The molecule has 0 atom stereocenters. The van der Waals surface area contributed by atoms with E-state index in [0.717, 1.165) is 0 Å². The molecule has 0 aliphatic carbocycles. The van der Waals surface area contributed by atoms with Crippen LogP contribution in [0.3, 0.4) is 0 Å². The predicted molar refractivity (Wildman–Crippen MR) is 66.2 cm³/mol. The molecule has 1 aliphatic rings. The fraction of sp³-hybridized carbons (Fsp3) is 1.00. The van der Waals surface area contributed by atoms with Gasteiger partial charge in [-0.2, -0.15) is 4.31 Å². The third-order valence-electron chi connectivity index (χ3n) is 3.16. The van der Waals surface area contributed by atoms with Gasteiger partial charge in [0, 0.05) is 13.1 Å². The molecule has 1 heterocycles. The molecule has 0 unspecified atom stereocenters. The highest BCUT2D eigenvalue weighted by molar-refractivity contribution is 7.89. The van der Waals surface area contributed by atoms with Crippen LogP contribution in [0.1, 0.15) is 27.7 Å². The molecule has 5 nitrogen and oxygen atoms in total. The second kappa shape index (κ2) is 5.22. The summed E-state index contributed by atoms with van der Waals surface area (Å²) in [6.45, 7) is 8.14. The lowest BCUT2D eigenvalue weighted by Crippen LogP contribution is -2.66. The number of sulfonamides is 1. The average molecular weight is 265 g/mol. The largest absolute Gasteiger partial charge is 0.387 e. The van der Waals surface area contributed by atoms with E-state index in [2.05, 4.69) is 0 Å². The van der Waals surface area contributed by atoms with Gasteiger partial charge >= 0.3 is 0 Å². The van der Waals surface area contributed by atoms with Gasteiger partial charge in [-0.3, -0.25) is 0 Å². The first-order valence-corrected chi connectivity index (χ1v) is 7.60. The molecule has 17 heavy (non-hydrogen) atoms. The Balaban J connectivity index is 2.42. The number of rotatable bonds is 6. The zero-order valence-electron chi connectivity index (χ0n) is 11.0. The van der Waals surface area contributed by atoms with Crippen molar-refractivity contribution in [3.8, 4) is 0 Å². The summed E-state index contributed by atoms with van der Waals surface area (Å²) in [5.74, 6) is 0.0557. The van der Waals surface area contributed by atoms with Gasteiger partial charge in [0.25, 0.3) is 0 Å². The van der Waals surface area contributed by atoms with Crippen LogP contribution >= 0.6 is 0 Å². The fourth-order valence-corrected chi connectivity index (χ4v) is 3.05. The highest BCUT2D eigenvalue weighted by atomic mass is 32.2. The summed E-state index contributed by atoms with van der Waals surface area (Å²) in [4.78, 5) is 0. The van der Waals surface area contributed by atoms with Crippen LogP contribution in [0, 0.1) is 5.92 Å². The number of ether oxygens (including phenoxy) is 1. The molecule has 0 aromatic carbocycles. The maximum absolute atomic E-state index is 11.8. The van der Waals surface area contributed by atoms with Crippen molar-refractivity contribution in [2.24, 2.45) is 5.92 Å². The Morgan fingerprint density at radius 1 is 1.29 bits per heavy atom. The maximum atomic E-state index is 11.8. The SMILES string of the molecule is CC(C)OCCS(=O)(=O)N1CC(O)(C(C)C)C1. The number of aliphatic hydroxyl groups is 1. The zero-order chi connectivity index (χ0) is 13.3. The highest BCUT2D eigenvalue weighted by Crippen LogP contribution is 2.30. The smallest absolute Gasteiger partial charge is 0.216 e. The van der Waals surface area contributed by atoms with Crippen LogP contribution < -0.4 is 0 Å². The van der Waals surface area contributed by atoms with Gasteiger partial charge in [0.15, 0.2) is 0 Å². The monoisotopic (exact) mass is 265 g/mol. The lowest BCUT2D eigenvalue weighted by molar-refractivity contribution is -0.0934. The van der Waals surface area contributed by atoms with E-state index in [1.165, 1.54) is 4.31 Å². The Morgan fingerprint density at radius 2 is 1.82 bits per heavy atom. The normalized spacial score (nSPS) is 20.9. The maximum Gasteiger partial charge on any atom is 0.216 e. The molecular weight excluding hydrogens is 242 g/mol. The Bertz CT molecular complexity index is 344. The number of β-amino-alcohol motifs (C(OH)–C–C–N with tert-alkyl or cyclic N) is 1. The third kappa shape index (κ3) is 3.64. The molecule has 1 N–H and O–H groups in total. The van der Waals surface area contributed by atoms with Gasteiger partial charge in [-0.25, -0.2) is 8.42 Å². The predicted octanol–water partition coefficient (Wildman–Crippen LogP) is 0.444. The molecule has 6 heteroatoms. The minimum Gasteiger partial charge on any atom is -0.387 e. The van der Waals surface area contributed by atoms with E-state index in [-0.39, 0.29) is 37.5 Å². The minimum absolute atomic E-state index is 0.0145. The fourth-order valence-electron chi connectivity index (χ4n) is 1.64. The van der Waals surface area contributed by atoms with Crippen LogP contribution in [-0.4, -0.2) is 55.0 Å². The second-order valence-electron chi connectivity index (χ2n) is 5.26. The van der Waals surface area contributed by atoms with Crippen molar-refractivity contribution in [2.45, 2.75) is 39.4 Å². The lowest BCUT2D eigenvalue weighted by Gasteiger charge is -2.47. The highest BCUT2D eigenvalue weighted by Gasteiger charge is 2.48. The first kappa shape index (κ1) is 14.9. The molecule has 0 spiro atoms. The first-order chi connectivity index (χ1) is 7.67. The summed E-state index contributed by atoms with van der Waals surface area (Å²) >= 11 is 0. The van der Waals surface area contributed by atoms with Crippen molar-refractivity contribution < 1.29 is 18.3 Å². The molecule has 1 rings (SSSR count). The zero-order valence-corrected chi connectivity index (χ0v) is 11.8. The quantitative estimate of drug-likeness (QED) is 0.757. The van der Waals surface area contributed by atoms with E-state index in [9.17, 15) is 13.5 Å². The van der Waals surface area contributed by atoms with Gasteiger partial charge in [0.1, 0.15) is 0 Å². The molecule has 0 radical (unpaired) electrons. The molecule has 0 saturated carbocycles. The molecule has 1 aliphatic heterocycles. The summed E-state index contributed by atoms with van der Waals surface area (Å²) in [6, 6.07) is 0. The molecule has 102 valence electrons. The average Bonchev–Trinajstić information content (AvgIpc) is 2.11. The van der Waals surface area contributed by atoms with Crippen molar-refractivity contribution in [3.05, 3.63) is 0 Å². The second-order valence-corrected chi connectivity index (χ2v) is 7.35. The molecule has 0 amide bonds. The van der Waals surface area contributed by atoms with Crippen molar-refractivity contribution in [2.75, 3.05) is 25.4 Å². The van der Waals surface area contributed by atoms with Gasteiger partial charge in [-0.1, -0.05) is 13.8 Å². The van der Waals surface area contributed by atoms with Crippen LogP contribution in [0.25, 0.3) is 0 Å². The van der Waals surface area contributed by atoms with E-state index >= 15 is 0 Å². The van der Waals surface area contributed by atoms with Gasteiger partial charge in [-0.05, 0) is 19.8 Å². The van der Waals surface area contributed by atoms with E-state index in [0.29, 0.717) is 0 Å². The van der Waals surface area contributed by atoms with E-state index < -0.39 is 15.6 Å². The summed E-state index contributed by atoms with van der Waals surface area (Å²) in [6.07, 6.45) is 0.0363. The van der Waals surface area contributed by atoms with Gasteiger partial charge < -0.3 is 9.84 Å². The standard InChI is InChI=1S/C11H23NO4S/c1-9(2)11(13)7-12(8-11)17(14,15)6-5-16-10(3)4/h9-10,13H,5-8H2,1-4H3. The Hall–Kier alpha value is -0.170. The summed E-state index contributed by atoms with van der Waals surface area (Å²) in [7, 11) is -3.28.